The zero-order valence-corrected chi connectivity index (χ0v) is 19.8. The summed E-state index contributed by atoms with van der Waals surface area (Å²) < 4.78 is 19.3. The molecule has 1 aliphatic heterocycles. The lowest BCUT2D eigenvalue weighted by molar-refractivity contribution is -0.127. The molecule has 4 rings (SSSR count). The summed E-state index contributed by atoms with van der Waals surface area (Å²) in [6.45, 7) is 1.77. The van der Waals surface area contributed by atoms with Gasteiger partial charge in [-0.15, -0.1) is 0 Å². The van der Waals surface area contributed by atoms with E-state index in [1.165, 1.54) is 6.07 Å². The quantitative estimate of drug-likeness (QED) is 0.414. The van der Waals surface area contributed by atoms with Crippen LogP contribution in [0, 0.1) is 5.82 Å². The van der Waals surface area contributed by atoms with Gasteiger partial charge < -0.3 is 10.1 Å². The lowest BCUT2D eigenvalue weighted by Gasteiger charge is -2.12. The predicted octanol–water partition coefficient (Wildman–Crippen LogP) is 5.64. The topological polar surface area (TPSA) is 75.7 Å². The molecule has 0 aliphatic carbocycles. The lowest BCUT2D eigenvalue weighted by Crippen LogP contribution is -2.36. The van der Waals surface area contributed by atoms with Crippen LogP contribution in [0.2, 0.25) is 0 Å². The Morgan fingerprint density at radius 1 is 1.03 bits per heavy atom. The fourth-order valence-electron chi connectivity index (χ4n) is 3.39. The van der Waals surface area contributed by atoms with Crippen LogP contribution < -0.4 is 10.1 Å². The number of carbonyl (C=O) groups is 3. The number of halogens is 1. The molecule has 0 unspecified atom stereocenters. The van der Waals surface area contributed by atoms with Gasteiger partial charge in [0, 0.05) is 11.3 Å². The van der Waals surface area contributed by atoms with Crippen molar-refractivity contribution in [2.45, 2.75) is 20.0 Å². The van der Waals surface area contributed by atoms with Gasteiger partial charge in [-0.3, -0.25) is 19.3 Å². The normalized spacial score (nSPS) is 14.5. The molecule has 1 saturated heterocycles. The van der Waals surface area contributed by atoms with Gasteiger partial charge in [0.05, 0.1) is 4.91 Å². The van der Waals surface area contributed by atoms with Crippen molar-refractivity contribution in [1.29, 1.82) is 0 Å². The van der Waals surface area contributed by atoms with Crippen LogP contribution in [0.4, 0.5) is 14.9 Å². The first-order chi connectivity index (χ1) is 16.9. The number of ether oxygens (including phenoxy) is 1. The van der Waals surface area contributed by atoms with E-state index in [1.54, 1.807) is 60.7 Å². The second-order valence-corrected chi connectivity index (χ2v) is 8.81. The molecule has 0 saturated carbocycles. The zero-order chi connectivity index (χ0) is 24.8. The van der Waals surface area contributed by atoms with Crippen molar-refractivity contribution in [3.05, 3.63) is 100 Å². The summed E-state index contributed by atoms with van der Waals surface area (Å²) in [6.07, 6.45) is 2.48. The summed E-state index contributed by atoms with van der Waals surface area (Å²) >= 11 is 0.789. The Morgan fingerprint density at radius 2 is 1.74 bits per heavy atom. The molecule has 178 valence electrons. The second-order valence-electron chi connectivity index (χ2n) is 7.82. The molecule has 3 amide bonds. The first kappa shape index (κ1) is 24.2. The molecule has 0 spiro atoms. The number of amides is 3. The van der Waals surface area contributed by atoms with E-state index in [0.717, 1.165) is 28.6 Å². The number of anilines is 1. The molecule has 0 atom stereocenters. The van der Waals surface area contributed by atoms with Crippen molar-refractivity contribution in [2.75, 3.05) is 11.9 Å². The molecule has 3 aromatic carbocycles. The zero-order valence-electron chi connectivity index (χ0n) is 19.0. The van der Waals surface area contributed by atoms with Crippen LogP contribution in [0.1, 0.15) is 23.6 Å². The molecule has 0 bridgehead atoms. The highest BCUT2D eigenvalue weighted by atomic mass is 32.2. The Balaban J connectivity index is 1.35. The first-order valence-electron chi connectivity index (χ1n) is 11.0. The standard InChI is InChI=1S/C27H23FN2O4S/c1-2-18-7-11-21(12-8-18)29-25(31)16-30-26(32)24(35-27(30)33)15-19-9-13-22(14-10-19)34-17-20-5-3-4-6-23(20)28/h3-15H,2,16-17H2,1H3,(H,29,31)/b24-15+. The number of rotatable bonds is 8. The Labute approximate surface area is 206 Å². The lowest BCUT2D eigenvalue weighted by atomic mass is 10.1. The molecule has 35 heavy (non-hydrogen) atoms. The monoisotopic (exact) mass is 490 g/mol. The molecule has 1 aliphatic rings. The fraction of sp³-hybridized carbons (Fsp3) is 0.148. The van der Waals surface area contributed by atoms with Crippen LogP contribution in [-0.4, -0.2) is 28.5 Å². The van der Waals surface area contributed by atoms with E-state index in [2.05, 4.69) is 5.32 Å². The van der Waals surface area contributed by atoms with Crippen LogP contribution in [0.25, 0.3) is 6.08 Å². The van der Waals surface area contributed by atoms with Crippen LogP contribution >= 0.6 is 11.8 Å². The Morgan fingerprint density at radius 3 is 2.43 bits per heavy atom. The highest BCUT2D eigenvalue weighted by Crippen LogP contribution is 2.32. The van der Waals surface area contributed by atoms with E-state index in [4.69, 9.17) is 4.74 Å². The van der Waals surface area contributed by atoms with Crippen LogP contribution in [-0.2, 0) is 22.6 Å². The Kier molecular flexibility index (Phi) is 7.62. The van der Waals surface area contributed by atoms with Crippen molar-refractivity contribution >= 4 is 40.6 Å². The maximum atomic E-state index is 13.7. The summed E-state index contributed by atoms with van der Waals surface area (Å²) in [5, 5.41) is 2.21. The number of nitrogens with zero attached hydrogens (tertiary/aromatic N) is 1. The van der Waals surface area contributed by atoms with E-state index in [9.17, 15) is 18.8 Å². The highest BCUT2D eigenvalue weighted by molar-refractivity contribution is 8.18. The molecule has 1 N–H and O–H groups in total. The van der Waals surface area contributed by atoms with Crippen LogP contribution in [0.3, 0.4) is 0 Å². The van der Waals surface area contributed by atoms with E-state index in [1.807, 2.05) is 19.1 Å². The largest absolute Gasteiger partial charge is 0.489 e. The third-order valence-corrected chi connectivity index (χ3v) is 6.26. The number of hydrogen-bond acceptors (Lipinski definition) is 5. The fourth-order valence-corrected chi connectivity index (χ4v) is 4.23. The van der Waals surface area contributed by atoms with Gasteiger partial charge in [0.2, 0.25) is 5.91 Å². The van der Waals surface area contributed by atoms with E-state index >= 15 is 0 Å². The summed E-state index contributed by atoms with van der Waals surface area (Å²) in [6, 6.07) is 20.7. The maximum Gasteiger partial charge on any atom is 0.294 e. The van der Waals surface area contributed by atoms with Crippen molar-refractivity contribution < 1.29 is 23.5 Å². The van der Waals surface area contributed by atoms with Gasteiger partial charge in [-0.05, 0) is 65.7 Å². The number of benzene rings is 3. The van der Waals surface area contributed by atoms with Crippen LogP contribution in [0.5, 0.6) is 5.75 Å². The van der Waals surface area contributed by atoms with Crippen molar-refractivity contribution in [3.63, 3.8) is 0 Å². The molecule has 1 fully saturated rings. The van der Waals surface area contributed by atoms with E-state index in [0.29, 0.717) is 22.6 Å². The molecule has 0 radical (unpaired) electrons. The Hall–Kier alpha value is -3.91. The minimum absolute atomic E-state index is 0.0930. The third kappa shape index (κ3) is 6.16. The minimum atomic E-state index is -0.517. The summed E-state index contributed by atoms with van der Waals surface area (Å²) in [7, 11) is 0. The summed E-state index contributed by atoms with van der Waals surface area (Å²) in [5.41, 5.74) is 2.89. The number of hydrogen-bond donors (Lipinski definition) is 1. The number of aryl methyl sites for hydroxylation is 1. The number of thioether (sulfide) groups is 1. The minimum Gasteiger partial charge on any atom is -0.489 e. The summed E-state index contributed by atoms with van der Waals surface area (Å²) in [5.74, 6) is -0.754. The maximum absolute atomic E-state index is 13.7. The Bertz CT molecular complexity index is 1270. The van der Waals surface area contributed by atoms with Gasteiger partial charge in [-0.2, -0.15) is 0 Å². The summed E-state index contributed by atoms with van der Waals surface area (Å²) in [4.78, 5) is 38.6. The average molecular weight is 491 g/mol. The van der Waals surface area contributed by atoms with Gasteiger partial charge >= 0.3 is 0 Å². The molecule has 6 nitrogen and oxygen atoms in total. The van der Waals surface area contributed by atoms with Gasteiger partial charge in [0.25, 0.3) is 11.1 Å². The van der Waals surface area contributed by atoms with Gasteiger partial charge in [0.1, 0.15) is 24.7 Å². The first-order valence-corrected chi connectivity index (χ1v) is 11.8. The molecule has 0 aromatic heterocycles. The second kappa shape index (κ2) is 11.0. The molecule has 3 aromatic rings. The number of carbonyl (C=O) groups excluding carboxylic acids is 3. The van der Waals surface area contributed by atoms with Gasteiger partial charge in [-0.25, -0.2) is 4.39 Å². The van der Waals surface area contributed by atoms with Crippen molar-refractivity contribution in [1.82, 2.24) is 4.90 Å². The SMILES string of the molecule is CCc1ccc(NC(=O)CN2C(=O)S/C(=C/c3ccc(OCc4ccccc4F)cc3)C2=O)cc1. The van der Waals surface area contributed by atoms with Crippen molar-refractivity contribution in [3.8, 4) is 5.75 Å². The predicted molar refractivity (Wildman–Crippen MR) is 134 cm³/mol. The molecular weight excluding hydrogens is 467 g/mol. The molecule has 8 heteroatoms. The van der Waals surface area contributed by atoms with Gasteiger partial charge in [-0.1, -0.05) is 49.4 Å². The number of nitrogens with one attached hydrogen (secondary N) is 1. The molecular formula is C27H23FN2O4S. The third-order valence-electron chi connectivity index (χ3n) is 5.35. The van der Waals surface area contributed by atoms with Crippen LogP contribution in [0.15, 0.2) is 77.7 Å². The van der Waals surface area contributed by atoms with Gasteiger partial charge in [0.15, 0.2) is 0 Å². The average Bonchev–Trinajstić information content (AvgIpc) is 3.12. The number of imide groups is 1. The van der Waals surface area contributed by atoms with E-state index in [-0.39, 0.29) is 23.9 Å². The van der Waals surface area contributed by atoms with E-state index < -0.39 is 17.1 Å². The highest BCUT2D eigenvalue weighted by Gasteiger charge is 2.36. The molecule has 1 heterocycles. The van der Waals surface area contributed by atoms with Crippen molar-refractivity contribution in [2.24, 2.45) is 0 Å². The smallest absolute Gasteiger partial charge is 0.294 e.